The van der Waals surface area contributed by atoms with E-state index in [2.05, 4.69) is 5.16 Å². The molecule has 1 aromatic carbocycles. The highest BCUT2D eigenvalue weighted by molar-refractivity contribution is 5.97. The Balaban J connectivity index is 2.94. The van der Waals surface area contributed by atoms with Crippen LogP contribution in [0.5, 0.6) is 5.75 Å². The number of nitrogens with two attached hydrogens (primary N) is 1. The van der Waals surface area contributed by atoms with Crippen molar-refractivity contribution in [1.29, 1.82) is 0 Å². The predicted octanol–water partition coefficient (Wildman–Crippen LogP) is 2.02. The molecule has 0 saturated heterocycles. The minimum absolute atomic E-state index is 0.0439. The molecule has 0 heterocycles. The van der Waals surface area contributed by atoms with E-state index < -0.39 is 29.8 Å². The molecule has 10 heteroatoms. The van der Waals surface area contributed by atoms with Crippen molar-refractivity contribution in [3.05, 3.63) is 33.9 Å². The molecule has 0 amide bonds. The van der Waals surface area contributed by atoms with Gasteiger partial charge in [0.05, 0.1) is 18.0 Å². The van der Waals surface area contributed by atoms with Crippen LogP contribution in [0.15, 0.2) is 23.4 Å². The summed E-state index contributed by atoms with van der Waals surface area (Å²) in [6, 6.07) is 3.25. The van der Waals surface area contributed by atoms with Crippen molar-refractivity contribution in [3.63, 3.8) is 0 Å². The van der Waals surface area contributed by atoms with Gasteiger partial charge < -0.3 is 15.7 Å². The average molecular weight is 293 g/mol. The zero-order valence-corrected chi connectivity index (χ0v) is 9.92. The molecule has 20 heavy (non-hydrogen) atoms. The molecule has 0 aliphatic carbocycles. The molecule has 0 aromatic heterocycles. The Morgan fingerprint density at radius 1 is 1.50 bits per heavy atom. The first-order valence-corrected chi connectivity index (χ1v) is 5.20. The van der Waals surface area contributed by atoms with Crippen LogP contribution in [0.2, 0.25) is 0 Å². The number of oxime groups is 1. The number of amidine groups is 1. The Morgan fingerprint density at radius 3 is 2.65 bits per heavy atom. The van der Waals surface area contributed by atoms with Crippen LogP contribution in [-0.4, -0.2) is 28.7 Å². The van der Waals surface area contributed by atoms with Crippen molar-refractivity contribution in [3.8, 4) is 5.75 Å². The summed E-state index contributed by atoms with van der Waals surface area (Å²) >= 11 is 0. The first kappa shape index (κ1) is 15.5. The van der Waals surface area contributed by atoms with Crippen LogP contribution in [0, 0.1) is 10.1 Å². The maximum absolute atomic E-state index is 12.0. The summed E-state index contributed by atoms with van der Waals surface area (Å²) in [4.78, 5) is 9.97. The predicted molar refractivity (Wildman–Crippen MR) is 61.8 cm³/mol. The highest BCUT2D eigenvalue weighted by Crippen LogP contribution is 2.29. The van der Waals surface area contributed by atoms with Gasteiger partial charge >= 0.3 is 11.9 Å². The summed E-state index contributed by atoms with van der Waals surface area (Å²) in [5, 5.41) is 21.9. The van der Waals surface area contributed by atoms with Crippen LogP contribution in [0.25, 0.3) is 0 Å². The maximum Gasteiger partial charge on any atom is 0.392 e. The Bertz CT molecular complexity index is 531. The summed E-state index contributed by atoms with van der Waals surface area (Å²) in [5.74, 6) is -0.691. The molecule has 0 unspecified atom stereocenters. The Morgan fingerprint density at radius 2 is 2.15 bits per heavy atom. The van der Waals surface area contributed by atoms with Gasteiger partial charge in [-0.25, -0.2) is 0 Å². The van der Waals surface area contributed by atoms with Crippen LogP contribution >= 0.6 is 0 Å². The number of hydrogen-bond acceptors (Lipinski definition) is 5. The zero-order valence-electron chi connectivity index (χ0n) is 9.92. The zero-order chi connectivity index (χ0) is 15.3. The molecule has 0 saturated carbocycles. The Hall–Kier alpha value is -2.52. The van der Waals surface area contributed by atoms with E-state index in [4.69, 9.17) is 15.7 Å². The molecule has 3 N–H and O–H groups in total. The average Bonchev–Trinajstić information content (AvgIpc) is 2.36. The minimum Gasteiger partial charge on any atom is -0.486 e. The van der Waals surface area contributed by atoms with E-state index in [1.807, 2.05) is 0 Å². The van der Waals surface area contributed by atoms with Crippen molar-refractivity contribution >= 4 is 11.5 Å². The monoisotopic (exact) mass is 293 g/mol. The second-order valence-electron chi connectivity index (χ2n) is 3.64. The van der Waals surface area contributed by atoms with Crippen molar-refractivity contribution in [2.24, 2.45) is 10.9 Å². The number of nitro benzene ring substituents is 1. The normalized spacial score (nSPS) is 12.2. The number of ether oxygens (including phenoxy) is 1. The van der Waals surface area contributed by atoms with Crippen molar-refractivity contribution in [1.82, 2.24) is 0 Å². The van der Waals surface area contributed by atoms with E-state index in [1.54, 1.807) is 0 Å². The van der Waals surface area contributed by atoms with E-state index >= 15 is 0 Å². The third-order valence-electron chi connectivity index (χ3n) is 2.20. The molecule has 0 aliphatic rings. The summed E-state index contributed by atoms with van der Waals surface area (Å²) in [5.41, 5.74) is 4.73. The fraction of sp³-hybridized carbons (Fsp3) is 0.300. The fourth-order valence-electron chi connectivity index (χ4n) is 1.28. The molecule has 0 fully saturated rings. The van der Waals surface area contributed by atoms with E-state index in [-0.39, 0.29) is 17.1 Å². The van der Waals surface area contributed by atoms with Crippen molar-refractivity contribution in [2.45, 2.75) is 12.6 Å². The van der Waals surface area contributed by atoms with Gasteiger partial charge in [0.2, 0.25) is 0 Å². The molecular weight excluding hydrogens is 283 g/mol. The van der Waals surface area contributed by atoms with Gasteiger partial charge in [-0.05, 0) is 12.1 Å². The third kappa shape index (κ3) is 4.30. The molecule has 0 spiro atoms. The van der Waals surface area contributed by atoms with Gasteiger partial charge in [-0.1, -0.05) is 5.16 Å². The lowest BCUT2D eigenvalue weighted by atomic mass is 10.1. The third-order valence-corrected chi connectivity index (χ3v) is 2.20. The maximum atomic E-state index is 12.0. The summed E-state index contributed by atoms with van der Waals surface area (Å²) in [6.45, 7) is -0.743. The van der Waals surface area contributed by atoms with Crippen molar-refractivity contribution in [2.75, 3.05) is 6.61 Å². The topological polar surface area (TPSA) is 111 Å². The fourth-order valence-corrected chi connectivity index (χ4v) is 1.28. The largest absolute Gasteiger partial charge is 0.486 e. The number of benzene rings is 1. The molecule has 0 aliphatic heterocycles. The highest BCUT2D eigenvalue weighted by Gasteiger charge is 2.27. The molecule has 0 bridgehead atoms. The molecule has 1 aromatic rings. The molecule has 0 radical (unpaired) electrons. The van der Waals surface area contributed by atoms with Gasteiger partial charge in [-0.3, -0.25) is 10.1 Å². The van der Waals surface area contributed by atoms with E-state index in [1.165, 1.54) is 6.07 Å². The van der Waals surface area contributed by atoms with Gasteiger partial charge in [0.15, 0.2) is 11.6 Å². The van der Waals surface area contributed by atoms with E-state index in [0.717, 1.165) is 12.1 Å². The number of alkyl halides is 3. The first-order chi connectivity index (χ1) is 9.24. The number of nitrogens with zero attached hydrogens (tertiary/aromatic N) is 2. The standard InChI is InChI=1S/C10H10F3N3O4/c11-10(12,13)3-4-20-8-2-1-6(9(14)15-17)5-7(8)16(18)19/h1-2,5,17H,3-4H2,(H2,14,15). The Labute approximate surface area is 110 Å². The number of hydrogen-bond donors (Lipinski definition) is 2. The lowest BCUT2D eigenvalue weighted by molar-refractivity contribution is -0.385. The summed E-state index contributed by atoms with van der Waals surface area (Å²) < 4.78 is 40.6. The van der Waals surface area contributed by atoms with Crippen molar-refractivity contribution < 1.29 is 28.0 Å². The van der Waals surface area contributed by atoms with Crippen LogP contribution in [0.4, 0.5) is 18.9 Å². The molecule has 0 atom stereocenters. The van der Waals surface area contributed by atoms with Gasteiger partial charge in [0.1, 0.15) is 0 Å². The van der Waals surface area contributed by atoms with Crippen LogP contribution < -0.4 is 10.5 Å². The van der Waals surface area contributed by atoms with E-state index in [0.29, 0.717) is 0 Å². The number of rotatable bonds is 5. The first-order valence-electron chi connectivity index (χ1n) is 5.20. The second-order valence-corrected chi connectivity index (χ2v) is 3.64. The molecule has 110 valence electrons. The summed E-state index contributed by atoms with van der Waals surface area (Å²) in [7, 11) is 0. The minimum atomic E-state index is -4.41. The highest BCUT2D eigenvalue weighted by atomic mass is 19.4. The van der Waals surface area contributed by atoms with Gasteiger partial charge in [-0.2, -0.15) is 13.2 Å². The van der Waals surface area contributed by atoms with Gasteiger partial charge in [0, 0.05) is 11.6 Å². The number of nitro groups is 1. The second kappa shape index (κ2) is 6.08. The smallest absolute Gasteiger partial charge is 0.392 e. The van der Waals surface area contributed by atoms with Gasteiger partial charge in [0.25, 0.3) is 0 Å². The summed E-state index contributed by atoms with van der Waals surface area (Å²) in [6.07, 6.45) is -5.64. The molecular formula is C10H10F3N3O4. The number of halogens is 3. The van der Waals surface area contributed by atoms with Crippen LogP contribution in [-0.2, 0) is 0 Å². The van der Waals surface area contributed by atoms with E-state index in [9.17, 15) is 23.3 Å². The quantitative estimate of drug-likeness (QED) is 0.283. The molecule has 1 rings (SSSR count). The SMILES string of the molecule is NC(=NO)c1ccc(OCCC(F)(F)F)c([N+](=O)[O-])c1. The Kier molecular flexibility index (Phi) is 4.73. The van der Waals surface area contributed by atoms with Crippen LogP contribution in [0.1, 0.15) is 12.0 Å². The molecule has 7 nitrogen and oxygen atoms in total. The lowest BCUT2D eigenvalue weighted by Crippen LogP contribution is -2.15. The van der Waals surface area contributed by atoms with Gasteiger partial charge in [-0.15, -0.1) is 0 Å². The lowest BCUT2D eigenvalue weighted by Gasteiger charge is -2.09. The van der Waals surface area contributed by atoms with Crippen LogP contribution in [0.3, 0.4) is 0 Å².